The summed E-state index contributed by atoms with van der Waals surface area (Å²) in [5.41, 5.74) is 0.961. The van der Waals surface area contributed by atoms with Gasteiger partial charge in [-0.05, 0) is 38.0 Å². The number of likely N-dealkylation sites (tertiary alicyclic amines) is 1. The molecule has 4 rings (SSSR count). The molecule has 0 unspecified atom stereocenters. The molecule has 154 valence electrons. The highest BCUT2D eigenvalue weighted by Crippen LogP contribution is 2.33. The highest BCUT2D eigenvalue weighted by atomic mass is 19.1. The number of halogens is 1. The summed E-state index contributed by atoms with van der Waals surface area (Å²) in [5, 5.41) is 15.3. The minimum atomic E-state index is -0.878. The van der Waals surface area contributed by atoms with Gasteiger partial charge in [-0.25, -0.2) is 4.39 Å². The van der Waals surface area contributed by atoms with E-state index in [9.17, 15) is 19.3 Å². The highest BCUT2D eigenvalue weighted by Gasteiger charge is 2.28. The van der Waals surface area contributed by atoms with Crippen LogP contribution in [-0.4, -0.2) is 38.6 Å². The molecule has 0 atom stereocenters. The lowest BCUT2D eigenvalue weighted by molar-refractivity contribution is -0.385. The number of ether oxygens (including phenoxy) is 1. The van der Waals surface area contributed by atoms with Crippen molar-refractivity contribution in [2.75, 3.05) is 13.1 Å². The Morgan fingerprint density at radius 2 is 1.87 bits per heavy atom. The molecule has 1 saturated heterocycles. The van der Waals surface area contributed by atoms with Crippen LogP contribution in [0.15, 0.2) is 48.5 Å². The van der Waals surface area contributed by atoms with E-state index in [-0.39, 0.29) is 28.9 Å². The van der Waals surface area contributed by atoms with Crippen LogP contribution in [0.25, 0.3) is 5.69 Å². The van der Waals surface area contributed by atoms with E-state index in [0.717, 1.165) is 25.0 Å². The molecular weight excluding hydrogens is 391 g/mol. The van der Waals surface area contributed by atoms with Crippen LogP contribution in [0.3, 0.4) is 0 Å². The fourth-order valence-electron chi connectivity index (χ4n) is 3.41. The van der Waals surface area contributed by atoms with E-state index >= 15 is 0 Å². The number of carbonyl (C=O) groups is 1. The lowest BCUT2D eigenvalue weighted by Gasteiger charge is -2.13. The molecule has 2 heterocycles. The third-order valence-corrected chi connectivity index (χ3v) is 5.00. The van der Waals surface area contributed by atoms with Crippen molar-refractivity contribution in [3.63, 3.8) is 0 Å². The van der Waals surface area contributed by atoms with Gasteiger partial charge in [0.05, 0.1) is 16.7 Å². The zero-order valence-electron chi connectivity index (χ0n) is 16.2. The Labute approximate surface area is 171 Å². The Bertz CT molecular complexity index is 1110. The zero-order chi connectivity index (χ0) is 21.3. The molecule has 1 aromatic heterocycles. The summed E-state index contributed by atoms with van der Waals surface area (Å²) in [6.45, 7) is 3.03. The van der Waals surface area contributed by atoms with Gasteiger partial charge >= 0.3 is 0 Å². The smallest absolute Gasteiger partial charge is 0.274 e. The standard InChI is InChI=1S/C21H19FN4O4/c1-14-19(20(27)24-11-5-6-12-24)23-25(15-7-3-2-4-8-15)21(14)30-18-10-9-16(26(28)29)13-17(18)22/h2-4,7-10,13H,5-6,11-12H2,1H3. The number of carbonyl (C=O) groups excluding carboxylic acids is 1. The molecule has 2 aromatic carbocycles. The number of aromatic nitrogens is 2. The van der Waals surface area contributed by atoms with Crippen LogP contribution in [-0.2, 0) is 0 Å². The second kappa shape index (κ2) is 7.94. The number of nitrogens with zero attached hydrogens (tertiary/aromatic N) is 4. The lowest BCUT2D eigenvalue weighted by Crippen LogP contribution is -2.28. The first kappa shape index (κ1) is 19.6. The van der Waals surface area contributed by atoms with Gasteiger partial charge in [0.15, 0.2) is 17.3 Å². The predicted molar refractivity (Wildman–Crippen MR) is 107 cm³/mol. The average Bonchev–Trinajstić information content (AvgIpc) is 3.39. The van der Waals surface area contributed by atoms with Crippen LogP contribution in [0, 0.1) is 22.9 Å². The molecule has 3 aromatic rings. The summed E-state index contributed by atoms with van der Waals surface area (Å²) in [5.74, 6) is -1.09. The maximum Gasteiger partial charge on any atom is 0.274 e. The van der Waals surface area contributed by atoms with Crippen LogP contribution in [0.2, 0.25) is 0 Å². The van der Waals surface area contributed by atoms with Crippen LogP contribution in [0.5, 0.6) is 11.6 Å². The number of para-hydroxylation sites is 1. The van der Waals surface area contributed by atoms with Gasteiger partial charge in [0.1, 0.15) is 0 Å². The third-order valence-electron chi connectivity index (χ3n) is 5.00. The Hall–Kier alpha value is -3.75. The minimum absolute atomic E-state index is 0.177. The molecule has 8 nitrogen and oxygen atoms in total. The SMILES string of the molecule is Cc1c(C(=O)N2CCCC2)nn(-c2ccccc2)c1Oc1ccc([N+](=O)[O-])cc1F. The number of nitro groups is 1. The van der Waals surface area contributed by atoms with Gasteiger partial charge in [-0.2, -0.15) is 9.78 Å². The molecule has 30 heavy (non-hydrogen) atoms. The topological polar surface area (TPSA) is 90.5 Å². The number of rotatable bonds is 5. The van der Waals surface area contributed by atoms with Crippen LogP contribution in [0.4, 0.5) is 10.1 Å². The quantitative estimate of drug-likeness (QED) is 0.463. The fourth-order valence-corrected chi connectivity index (χ4v) is 3.41. The Kier molecular flexibility index (Phi) is 5.18. The number of hydrogen-bond donors (Lipinski definition) is 0. The van der Waals surface area contributed by atoms with Crippen LogP contribution < -0.4 is 4.74 Å². The molecule has 0 radical (unpaired) electrons. The van der Waals surface area contributed by atoms with Crippen molar-refractivity contribution in [1.29, 1.82) is 0 Å². The number of nitro benzene ring substituents is 1. The second-order valence-corrected chi connectivity index (χ2v) is 7.00. The van der Waals surface area contributed by atoms with Crippen molar-refractivity contribution in [2.45, 2.75) is 19.8 Å². The van der Waals surface area contributed by atoms with Gasteiger partial charge in [0.25, 0.3) is 11.6 Å². The first-order chi connectivity index (χ1) is 14.5. The minimum Gasteiger partial charge on any atom is -0.436 e. The first-order valence-electron chi connectivity index (χ1n) is 9.52. The molecule has 1 fully saturated rings. The van der Waals surface area contributed by atoms with Crippen molar-refractivity contribution >= 4 is 11.6 Å². The summed E-state index contributed by atoms with van der Waals surface area (Å²) < 4.78 is 21.7. The largest absolute Gasteiger partial charge is 0.436 e. The van der Waals surface area contributed by atoms with E-state index in [1.165, 1.54) is 10.7 Å². The van der Waals surface area contributed by atoms with E-state index in [4.69, 9.17) is 4.74 Å². The molecule has 0 saturated carbocycles. The number of hydrogen-bond acceptors (Lipinski definition) is 5. The van der Waals surface area contributed by atoms with E-state index in [1.54, 1.807) is 24.0 Å². The summed E-state index contributed by atoms with van der Waals surface area (Å²) in [6.07, 6.45) is 1.89. The Balaban J connectivity index is 1.77. The van der Waals surface area contributed by atoms with Crippen molar-refractivity contribution in [3.8, 4) is 17.3 Å². The number of non-ortho nitro benzene ring substituents is 1. The maximum absolute atomic E-state index is 14.4. The van der Waals surface area contributed by atoms with Crippen molar-refractivity contribution in [3.05, 3.63) is 75.7 Å². The van der Waals surface area contributed by atoms with Gasteiger partial charge < -0.3 is 9.64 Å². The molecule has 1 aliphatic heterocycles. The maximum atomic E-state index is 14.4. The van der Waals surface area contributed by atoms with Crippen molar-refractivity contribution in [1.82, 2.24) is 14.7 Å². The first-order valence-corrected chi connectivity index (χ1v) is 9.52. The lowest BCUT2D eigenvalue weighted by atomic mass is 10.2. The Morgan fingerprint density at radius 1 is 1.17 bits per heavy atom. The van der Waals surface area contributed by atoms with Gasteiger partial charge in [0, 0.05) is 24.7 Å². The van der Waals surface area contributed by atoms with Crippen LogP contribution in [0.1, 0.15) is 28.9 Å². The number of benzene rings is 2. The monoisotopic (exact) mass is 410 g/mol. The summed E-state index contributed by atoms with van der Waals surface area (Å²) in [6, 6.07) is 12.2. The second-order valence-electron chi connectivity index (χ2n) is 7.00. The fraction of sp³-hybridized carbons (Fsp3) is 0.238. The number of amides is 1. The van der Waals surface area contributed by atoms with E-state index < -0.39 is 10.7 Å². The van der Waals surface area contributed by atoms with Gasteiger partial charge in [-0.15, -0.1) is 0 Å². The van der Waals surface area contributed by atoms with E-state index in [1.807, 2.05) is 18.2 Å². The van der Waals surface area contributed by atoms with Gasteiger partial charge in [-0.3, -0.25) is 14.9 Å². The molecule has 1 aliphatic rings. The molecule has 0 N–H and O–H groups in total. The van der Waals surface area contributed by atoms with Crippen molar-refractivity contribution < 1.29 is 18.8 Å². The summed E-state index contributed by atoms with van der Waals surface area (Å²) in [4.78, 5) is 24.9. The van der Waals surface area contributed by atoms with Gasteiger partial charge in [0.2, 0.25) is 5.88 Å². The summed E-state index contributed by atoms with van der Waals surface area (Å²) in [7, 11) is 0. The normalized spacial score (nSPS) is 13.5. The Morgan fingerprint density at radius 3 is 2.50 bits per heavy atom. The molecule has 0 spiro atoms. The van der Waals surface area contributed by atoms with Crippen molar-refractivity contribution in [2.24, 2.45) is 0 Å². The molecule has 0 bridgehead atoms. The third kappa shape index (κ3) is 3.61. The molecule has 1 amide bonds. The highest BCUT2D eigenvalue weighted by molar-refractivity contribution is 5.94. The average molecular weight is 410 g/mol. The van der Waals surface area contributed by atoms with Crippen LogP contribution >= 0.6 is 0 Å². The summed E-state index contributed by atoms with van der Waals surface area (Å²) >= 11 is 0. The molecule has 9 heteroatoms. The van der Waals surface area contributed by atoms with E-state index in [2.05, 4.69) is 5.10 Å². The molecule has 0 aliphatic carbocycles. The van der Waals surface area contributed by atoms with Gasteiger partial charge in [-0.1, -0.05) is 18.2 Å². The molecular formula is C21H19FN4O4. The predicted octanol–water partition coefficient (Wildman–Crippen LogP) is 4.26. The zero-order valence-corrected chi connectivity index (χ0v) is 16.2. The van der Waals surface area contributed by atoms with E-state index in [0.29, 0.717) is 24.3 Å².